The molecule has 0 saturated carbocycles. The predicted molar refractivity (Wildman–Crippen MR) is 104 cm³/mol. The third-order valence-electron chi connectivity index (χ3n) is 4.67. The highest BCUT2D eigenvalue weighted by Gasteiger charge is 2.10. The molecule has 0 radical (unpaired) electrons. The Kier molecular flexibility index (Phi) is 11.5. The van der Waals surface area contributed by atoms with E-state index in [0.29, 0.717) is 11.7 Å². The van der Waals surface area contributed by atoms with E-state index in [-0.39, 0.29) is 0 Å². The van der Waals surface area contributed by atoms with Gasteiger partial charge in [0.05, 0.1) is 0 Å². The van der Waals surface area contributed by atoms with Crippen LogP contribution in [0.15, 0.2) is 36.4 Å². The third-order valence-corrected chi connectivity index (χ3v) is 4.67. The SMILES string of the molecule is CCCCCCC[C@H](CCCC/C=C/C(=O)O)Cc1ccc(O)cc1. The molecule has 3 nitrogen and oxygen atoms in total. The summed E-state index contributed by atoms with van der Waals surface area (Å²) in [6.07, 6.45) is 16.1. The molecular formula is C22H34O3. The van der Waals surface area contributed by atoms with Crippen molar-refractivity contribution in [3.8, 4) is 5.75 Å². The van der Waals surface area contributed by atoms with Crippen LogP contribution in [0.4, 0.5) is 0 Å². The molecule has 140 valence electrons. The molecule has 0 spiro atoms. The Hall–Kier alpha value is -1.77. The maximum absolute atomic E-state index is 10.5. The van der Waals surface area contributed by atoms with Crippen molar-refractivity contribution < 1.29 is 15.0 Å². The van der Waals surface area contributed by atoms with Crippen LogP contribution >= 0.6 is 0 Å². The van der Waals surface area contributed by atoms with Crippen molar-refractivity contribution in [1.29, 1.82) is 0 Å². The van der Waals surface area contributed by atoms with Crippen LogP contribution in [0.2, 0.25) is 0 Å². The van der Waals surface area contributed by atoms with Crippen molar-refractivity contribution in [2.75, 3.05) is 0 Å². The molecule has 3 heteroatoms. The molecule has 0 fully saturated rings. The number of aliphatic carboxylic acids is 1. The fourth-order valence-corrected chi connectivity index (χ4v) is 3.23. The average molecular weight is 347 g/mol. The summed E-state index contributed by atoms with van der Waals surface area (Å²) in [5, 5.41) is 18.0. The molecule has 1 rings (SSSR count). The molecule has 1 atom stereocenters. The van der Waals surface area contributed by atoms with Gasteiger partial charge in [-0.2, -0.15) is 0 Å². The summed E-state index contributed by atoms with van der Waals surface area (Å²) in [7, 11) is 0. The quantitative estimate of drug-likeness (QED) is 0.315. The van der Waals surface area contributed by atoms with Gasteiger partial charge in [-0.3, -0.25) is 0 Å². The van der Waals surface area contributed by atoms with Crippen molar-refractivity contribution in [2.24, 2.45) is 5.92 Å². The summed E-state index contributed by atoms with van der Waals surface area (Å²) in [4.78, 5) is 10.5. The number of carboxylic acid groups (broad SMARTS) is 1. The van der Waals surface area contributed by atoms with E-state index in [2.05, 4.69) is 6.92 Å². The standard InChI is InChI=1S/C22H34O3/c1-2-3-4-5-8-11-19(12-9-6-7-10-13-22(24)25)18-20-14-16-21(23)17-15-20/h10,13-17,19,23H,2-9,11-12,18H2,1H3,(H,24,25)/b13-10+/t19-/m1/s1. The zero-order valence-corrected chi connectivity index (χ0v) is 15.6. The number of unbranched alkanes of at least 4 members (excludes halogenated alkanes) is 6. The van der Waals surface area contributed by atoms with Crippen molar-refractivity contribution in [1.82, 2.24) is 0 Å². The highest BCUT2D eigenvalue weighted by Crippen LogP contribution is 2.23. The highest BCUT2D eigenvalue weighted by atomic mass is 16.4. The third kappa shape index (κ3) is 11.4. The van der Waals surface area contributed by atoms with Crippen LogP contribution in [0.25, 0.3) is 0 Å². The monoisotopic (exact) mass is 346 g/mol. The first kappa shape index (κ1) is 21.3. The molecule has 0 aliphatic rings. The number of carbonyl (C=O) groups is 1. The Morgan fingerprint density at radius 2 is 1.64 bits per heavy atom. The molecule has 0 saturated heterocycles. The minimum absolute atomic E-state index is 0.324. The highest BCUT2D eigenvalue weighted by molar-refractivity contribution is 5.79. The predicted octanol–water partition coefficient (Wildman–Crippen LogP) is 6.11. The minimum atomic E-state index is -0.864. The van der Waals surface area contributed by atoms with E-state index < -0.39 is 5.97 Å². The Morgan fingerprint density at radius 3 is 2.28 bits per heavy atom. The number of hydrogen-bond donors (Lipinski definition) is 2. The van der Waals surface area contributed by atoms with Crippen molar-refractivity contribution >= 4 is 5.97 Å². The number of allylic oxidation sites excluding steroid dienone is 1. The Bertz CT molecular complexity index is 490. The molecule has 25 heavy (non-hydrogen) atoms. The van der Waals surface area contributed by atoms with Crippen LogP contribution in [0.5, 0.6) is 5.75 Å². The van der Waals surface area contributed by atoms with Crippen LogP contribution in [-0.4, -0.2) is 16.2 Å². The van der Waals surface area contributed by atoms with Gasteiger partial charge < -0.3 is 10.2 Å². The van der Waals surface area contributed by atoms with Crippen LogP contribution < -0.4 is 0 Å². The maximum Gasteiger partial charge on any atom is 0.327 e. The second-order valence-corrected chi connectivity index (χ2v) is 6.96. The van der Waals surface area contributed by atoms with Gasteiger partial charge in [0.15, 0.2) is 0 Å². The van der Waals surface area contributed by atoms with E-state index in [9.17, 15) is 9.90 Å². The summed E-state index contributed by atoms with van der Waals surface area (Å²) in [6.45, 7) is 2.24. The molecule has 2 N–H and O–H groups in total. The first-order valence-corrected chi connectivity index (χ1v) is 9.79. The Balaban J connectivity index is 2.38. The first-order chi connectivity index (χ1) is 12.1. The molecule has 1 aromatic carbocycles. The maximum atomic E-state index is 10.5. The van der Waals surface area contributed by atoms with E-state index in [4.69, 9.17) is 5.11 Å². The number of benzene rings is 1. The van der Waals surface area contributed by atoms with Gasteiger partial charge in [0.25, 0.3) is 0 Å². The molecule has 0 heterocycles. The van der Waals surface area contributed by atoms with Crippen LogP contribution in [0, 0.1) is 5.92 Å². The summed E-state index contributed by atoms with van der Waals surface area (Å²) in [5.74, 6) is 0.136. The minimum Gasteiger partial charge on any atom is -0.508 e. The molecule has 0 aromatic heterocycles. The second kappa shape index (κ2) is 13.5. The van der Waals surface area contributed by atoms with Crippen molar-refractivity contribution in [3.63, 3.8) is 0 Å². The number of rotatable bonds is 14. The van der Waals surface area contributed by atoms with Gasteiger partial charge in [-0.25, -0.2) is 4.79 Å². The second-order valence-electron chi connectivity index (χ2n) is 6.96. The average Bonchev–Trinajstić information content (AvgIpc) is 2.59. The summed E-state index contributed by atoms with van der Waals surface area (Å²) in [5.41, 5.74) is 1.29. The largest absolute Gasteiger partial charge is 0.508 e. The number of aromatic hydroxyl groups is 1. The Morgan fingerprint density at radius 1 is 1.00 bits per heavy atom. The molecule has 0 bridgehead atoms. The first-order valence-electron chi connectivity index (χ1n) is 9.79. The fraction of sp³-hybridized carbons (Fsp3) is 0.591. The lowest BCUT2D eigenvalue weighted by atomic mass is 9.89. The molecule has 0 amide bonds. The zero-order valence-electron chi connectivity index (χ0n) is 15.6. The van der Waals surface area contributed by atoms with Gasteiger partial charge in [0, 0.05) is 6.08 Å². The lowest BCUT2D eigenvalue weighted by Crippen LogP contribution is -2.05. The molecular weight excluding hydrogens is 312 g/mol. The molecule has 0 unspecified atom stereocenters. The van der Waals surface area contributed by atoms with Gasteiger partial charge in [-0.1, -0.05) is 76.5 Å². The lowest BCUT2D eigenvalue weighted by molar-refractivity contribution is -0.131. The van der Waals surface area contributed by atoms with Gasteiger partial charge in [0.2, 0.25) is 0 Å². The van der Waals surface area contributed by atoms with E-state index in [1.54, 1.807) is 18.2 Å². The number of hydrogen-bond acceptors (Lipinski definition) is 2. The fourth-order valence-electron chi connectivity index (χ4n) is 3.23. The van der Waals surface area contributed by atoms with Crippen molar-refractivity contribution in [3.05, 3.63) is 42.0 Å². The van der Waals surface area contributed by atoms with E-state index in [1.807, 2.05) is 12.1 Å². The topological polar surface area (TPSA) is 57.5 Å². The summed E-state index contributed by atoms with van der Waals surface area (Å²) in [6, 6.07) is 7.58. The van der Waals surface area contributed by atoms with E-state index in [1.165, 1.54) is 56.6 Å². The van der Waals surface area contributed by atoms with Gasteiger partial charge in [-0.05, 0) is 42.9 Å². The smallest absolute Gasteiger partial charge is 0.327 e. The van der Waals surface area contributed by atoms with Crippen LogP contribution in [0.1, 0.15) is 76.7 Å². The van der Waals surface area contributed by atoms with Gasteiger partial charge in [0.1, 0.15) is 5.75 Å². The number of phenols is 1. The summed E-state index contributed by atoms with van der Waals surface area (Å²) >= 11 is 0. The number of carboxylic acids is 1. The Labute approximate surface area is 152 Å². The molecule has 0 aliphatic heterocycles. The summed E-state index contributed by atoms with van der Waals surface area (Å²) < 4.78 is 0. The van der Waals surface area contributed by atoms with Gasteiger partial charge >= 0.3 is 5.97 Å². The normalized spacial score (nSPS) is 12.5. The number of phenolic OH excluding ortho intramolecular Hbond substituents is 1. The lowest BCUT2D eigenvalue weighted by Gasteiger charge is -2.17. The molecule has 0 aliphatic carbocycles. The van der Waals surface area contributed by atoms with Crippen LogP contribution in [-0.2, 0) is 11.2 Å². The van der Waals surface area contributed by atoms with Crippen LogP contribution in [0.3, 0.4) is 0 Å². The van der Waals surface area contributed by atoms with Gasteiger partial charge in [-0.15, -0.1) is 0 Å². The van der Waals surface area contributed by atoms with E-state index in [0.717, 1.165) is 25.7 Å². The zero-order chi connectivity index (χ0) is 18.3. The van der Waals surface area contributed by atoms with Crippen molar-refractivity contribution in [2.45, 2.75) is 77.6 Å². The molecule has 1 aromatic rings. The van der Waals surface area contributed by atoms with E-state index >= 15 is 0 Å².